The van der Waals surface area contributed by atoms with Crippen LogP contribution in [0.4, 0.5) is 0 Å². The van der Waals surface area contributed by atoms with Crippen molar-refractivity contribution >= 4 is 22.9 Å². The molecule has 0 amide bonds. The third kappa shape index (κ3) is 4.67. The van der Waals surface area contributed by atoms with Gasteiger partial charge in [-0.05, 0) is 38.1 Å². The molecule has 1 saturated carbocycles. The lowest BCUT2D eigenvalue weighted by Crippen LogP contribution is -2.38. The second-order valence-electron chi connectivity index (χ2n) is 6.59. The van der Waals surface area contributed by atoms with Crippen LogP contribution in [0.2, 0.25) is 0 Å². The van der Waals surface area contributed by atoms with Crippen LogP contribution in [0.5, 0.6) is 0 Å². The molecule has 0 bridgehead atoms. The second kappa shape index (κ2) is 8.50. The van der Waals surface area contributed by atoms with E-state index in [2.05, 4.69) is 31.1 Å². The predicted octanol–water partition coefficient (Wildman–Crippen LogP) is 5.62. The molecule has 0 spiro atoms. The normalized spacial score (nSPS) is 18.0. The fourth-order valence-corrected chi connectivity index (χ4v) is 4.57. The van der Waals surface area contributed by atoms with Crippen molar-refractivity contribution in [2.75, 3.05) is 6.54 Å². The van der Waals surface area contributed by atoms with Crippen molar-refractivity contribution in [1.29, 1.82) is 0 Å². The van der Waals surface area contributed by atoms with Crippen molar-refractivity contribution in [3.63, 3.8) is 0 Å². The molecule has 0 aromatic carbocycles. The molecule has 1 unspecified atom stereocenters. The molecule has 1 heterocycles. The van der Waals surface area contributed by atoms with Gasteiger partial charge in [-0.3, -0.25) is 4.90 Å². The van der Waals surface area contributed by atoms with E-state index in [0.29, 0.717) is 11.9 Å². The molecule has 1 atom stereocenters. The molecule has 2 rings (SSSR count). The molecule has 1 aromatic rings. The van der Waals surface area contributed by atoms with Crippen molar-refractivity contribution in [2.45, 2.75) is 77.3 Å². The lowest BCUT2D eigenvalue weighted by Gasteiger charge is -2.35. The summed E-state index contributed by atoms with van der Waals surface area (Å²) in [6, 6.07) is 1.24. The van der Waals surface area contributed by atoms with Crippen molar-refractivity contribution in [2.24, 2.45) is 5.92 Å². The van der Waals surface area contributed by atoms with E-state index in [0.717, 1.165) is 24.1 Å². The number of hydrogen-bond acceptors (Lipinski definition) is 3. The van der Waals surface area contributed by atoms with Gasteiger partial charge < -0.3 is 0 Å². The van der Waals surface area contributed by atoms with Gasteiger partial charge in [0.2, 0.25) is 0 Å². The molecular formula is C17H29ClN2S. The SMILES string of the molecule is CCC(c1nc(CCl)cs1)N(CCC(C)C)C1CCCC1. The minimum Gasteiger partial charge on any atom is -0.291 e. The molecular weight excluding hydrogens is 300 g/mol. The van der Waals surface area contributed by atoms with Gasteiger partial charge in [-0.2, -0.15) is 0 Å². The Morgan fingerprint density at radius 1 is 1.38 bits per heavy atom. The predicted molar refractivity (Wildman–Crippen MR) is 93.1 cm³/mol. The first-order valence-electron chi connectivity index (χ1n) is 8.41. The maximum absolute atomic E-state index is 5.93. The van der Waals surface area contributed by atoms with Crippen LogP contribution >= 0.6 is 22.9 Å². The van der Waals surface area contributed by atoms with E-state index in [1.54, 1.807) is 11.3 Å². The van der Waals surface area contributed by atoms with E-state index < -0.39 is 0 Å². The number of nitrogens with zero attached hydrogens (tertiary/aromatic N) is 2. The second-order valence-corrected chi connectivity index (χ2v) is 7.75. The summed E-state index contributed by atoms with van der Waals surface area (Å²) in [6.07, 6.45) is 7.93. The zero-order valence-corrected chi connectivity index (χ0v) is 15.2. The molecule has 1 aromatic heterocycles. The molecule has 0 saturated heterocycles. The summed E-state index contributed by atoms with van der Waals surface area (Å²) in [6.45, 7) is 8.14. The Hall–Kier alpha value is -0.120. The summed E-state index contributed by atoms with van der Waals surface area (Å²) in [5.41, 5.74) is 1.03. The molecule has 4 heteroatoms. The first kappa shape index (κ1) is 17.2. The van der Waals surface area contributed by atoms with Crippen LogP contribution in [0.3, 0.4) is 0 Å². The number of alkyl halides is 1. The molecule has 2 nitrogen and oxygen atoms in total. The van der Waals surface area contributed by atoms with E-state index in [1.165, 1.54) is 43.7 Å². The molecule has 1 fully saturated rings. The topological polar surface area (TPSA) is 16.1 Å². The summed E-state index contributed by atoms with van der Waals surface area (Å²) in [5, 5.41) is 3.39. The maximum atomic E-state index is 5.93. The summed E-state index contributed by atoms with van der Waals surface area (Å²) < 4.78 is 0. The van der Waals surface area contributed by atoms with Crippen LogP contribution in [0, 0.1) is 5.92 Å². The monoisotopic (exact) mass is 328 g/mol. The van der Waals surface area contributed by atoms with Crippen LogP contribution in [0.25, 0.3) is 0 Å². The highest BCUT2D eigenvalue weighted by Gasteiger charge is 2.30. The highest BCUT2D eigenvalue weighted by atomic mass is 35.5. The average Bonchev–Trinajstić information content (AvgIpc) is 3.13. The van der Waals surface area contributed by atoms with Gasteiger partial charge in [-0.15, -0.1) is 22.9 Å². The quantitative estimate of drug-likeness (QED) is 0.575. The van der Waals surface area contributed by atoms with Crippen molar-refractivity contribution in [3.05, 3.63) is 16.1 Å². The molecule has 1 aliphatic rings. The summed E-state index contributed by atoms with van der Waals surface area (Å²) >= 11 is 7.72. The third-order valence-electron chi connectivity index (χ3n) is 4.54. The molecule has 1 aliphatic carbocycles. The van der Waals surface area contributed by atoms with Crippen LogP contribution in [-0.2, 0) is 5.88 Å². The highest BCUT2D eigenvalue weighted by Crippen LogP contribution is 2.35. The van der Waals surface area contributed by atoms with E-state index in [9.17, 15) is 0 Å². The van der Waals surface area contributed by atoms with Gasteiger partial charge in [0.15, 0.2) is 0 Å². The van der Waals surface area contributed by atoms with Crippen molar-refractivity contribution in [3.8, 4) is 0 Å². The molecule has 0 aliphatic heterocycles. The maximum Gasteiger partial charge on any atom is 0.110 e. The minimum absolute atomic E-state index is 0.480. The highest BCUT2D eigenvalue weighted by molar-refractivity contribution is 7.09. The zero-order valence-electron chi connectivity index (χ0n) is 13.6. The Bertz CT molecular complexity index is 413. The molecule has 0 N–H and O–H groups in total. The number of hydrogen-bond donors (Lipinski definition) is 0. The fraction of sp³-hybridized carbons (Fsp3) is 0.824. The Kier molecular flexibility index (Phi) is 6.97. The number of aromatic nitrogens is 1. The van der Waals surface area contributed by atoms with E-state index in [-0.39, 0.29) is 0 Å². The van der Waals surface area contributed by atoms with Gasteiger partial charge >= 0.3 is 0 Å². The van der Waals surface area contributed by atoms with Gasteiger partial charge in [0, 0.05) is 11.4 Å². The molecule has 120 valence electrons. The number of rotatable bonds is 8. The van der Waals surface area contributed by atoms with Crippen molar-refractivity contribution < 1.29 is 0 Å². The lowest BCUT2D eigenvalue weighted by molar-refractivity contribution is 0.123. The smallest absolute Gasteiger partial charge is 0.110 e. The average molecular weight is 329 g/mol. The van der Waals surface area contributed by atoms with Gasteiger partial charge in [0.1, 0.15) is 5.01 Å². The Labute approximate surface area is 138 Å². The number of thiazole rings is 1. The van der Waals surface area contributed by atoms with Crippen LogP contribution in [0.1, 0.15) is 76.0 Å². The van der Waals surface area contributed by atoms with Crippen LogP contribution < -0.4 is 0 Å². The van der Waals surface area contributed by atoms with E-state index >= 15 is 0 Å². The van der Waals surface area contributed by atoms with Crippen LogP contribution in [0.15, 0.2) is 5.38 Å². The number of halogens is 1. The van der Waals surface area contributed by atoms with Crippen molar-refractivity contribution in [1.82, 2.24) is 9.88 Å². The van der Waals surface area contributed by atoms with E-state index in [1.807, 2.05) is 0 Å². The first-order chi connectivity index (χ1) is 10.2. The summed E-state index contributed by atoms with van der Waals surface area (Å²) in [7, 11) is 0. The van der Waals surface area contributed by atoms with Crippen LogP contribution in [-0.4, -0.2) is 22.5 Å². The van der Waals surface area contributed by atoms with E-state index in [4.69, 9.17) is 16.6 Å². The first-order valence-corrected chi connectivity index (χ1v) is 9.83. The Morgan fingerprint density at radius 3 is 2.62 bits per heavy atom. The lowest BCUT2D eigenvalue weighted by atomic mass is 10.0. The third-order valence-corrected chi connectivity index (χ3v) is 5.81. The van der Waals surface area contributed by atoms with Gasteiger partial charge in [0.05, 0.1) is 17.6 Å². The Morgan fingerprint density at radius 2 is 2.10 bits per heavy atom. The fourth-order valence-electron chi connectivity index (χ4n) is 3.32. The minimum atomic E-state index is 0.480. The van der Waals surface area contributed by atoms with Gasteiger partial charge in [-0.1, -0.05) is 33.6 Å². The molecule has 21 heavy (non-hydrogen) atoms. The van der Waals surface area contributed by atoms with Gasteiger partial charge in [-0.25, -0.2) is 4.98 Å². The summed E-state index contributed by atoms with van der Waals surface area (Å²) in [5.74, 6) is 1.30. The standard InChI is InChI=1S/C17H29ClN2S/c1-4-16(17-19-14(11-18)12-21-17)20(10-9-13(2)3)15-7-5-6-8-15/h12-13,15-16H,4-11H2,1-3H3. The summed E-state index contributed by atoms with van der Waals surface area (Å²) in [4.78, 5) is 7.52. The zero-order chi connectivity index (χ0) is 15.2. The molecule has 0 radical (unpaired) electrons. The largest absolute Gasteiger partial charge is 0.291 e. The Balaban J connectivity index is 2.14. The van der Waals surface area contributed by atoms with Gasteiger partial charge in [0.25, 0.3) is 0 Å².